The van der Waals surface area contributed by atoms with Crippen molar-refractivity contribution in [3.8, 4) is 0 Å². The fourth-order valence-corrected chi connectivity index (χ4v) is 2.21. The number of rotatable bonds is 1. The number of carbonyl (C=O) groups is 1. The number of H-pyrrole nitrogens is 1. The summed E-state index contributed by atoms with van der Waals surface area (Å²) in [5.41, 5.74) is 2.58. The lowest BCUT2D eigenvalue weighted by Crippen LogP contribution is -1.96. The van der Waals surface area contributed by atoms with E-state index in [4.69, 9.17) is 0 Å². The quantitative estimate of drug-likeness (QED) is 0.670. The molecule has 0 spiro atoms. The van der Waals surface area contributed by atoms with Crippen LogP contribution < -0.4 is 0 Å². The monoisotopic (exact) mass is 226 g/mol. The summed E-state index contributed by atoms with van der Waals surface area (Å²) >= 11 is 0. The van der Waals surface area contributed by atoms with Crippen LogP contribution in [-0.2, 0) is 0 Å². The zero-order chi connectivity index (χ0) is 12.0. The first-order valence-corrected chi connectivity index (χ1v) is 5.28. The molecule has 0 saturated carbocycles. The molecule has 17 heavy (non-hydrogen) atoms. The molecule has 0 aliphatic heterocycles. The number of pyridine rings is 1. The number of aromatic amines is 1. The van der Waals surface area contributed by atoms with Crippen LogP contribution in [0.1, 0.15) is 16.1 Å². The molecule has 0 aliphatic rings. The maximum atomic E-state index is 11.2. The van der Waals surface area contributed by atoms with Gasteiger partial charge in [0.25, 0.3) is 0 Å². The lowest BCUT2D eigenvalue weighted by molar-refractivity contribution is 0.0698. The Morgan fingerprint density at radius 1 is 1.35 bits per heavy atom. The van der Waals surface area contributed by atoms with E-state index in [1.54, 1.807) is 13.1 Å². The third-order valence-electron chi connectivity index (χ3n) is 2.95. The van der Waals surface area contributed by atoms with Crippen LogP contribution in [0.5, 0.6) is 0 Å². The van der Waals surface area contributed by atoms with Gasteiger partial charge in [-0.15, -0.1) is 0 Å². The number of carboxylic acids is 1. The van der Waals surface area contributed by atoms with Crippen molar-refractivity contribution >= 4 is 27.8 Å². The number of benzene rings is 1. The Labute approximate surface area is 96.9 Å². The molecule has 0 radical (unpaired) electrons. The van der Waals surface area contributed by atoms with E-state index in [1.165, 1.54) is 0 Å². The number of hydrogen-bond donors (Lipinski definition) is 2. The molecule has 3 aromatic rings. The standard InChI is InChI=1S/C13H10N2O2/c1-7-10(13(16)17)9-5-4-8-3-2-6-14-11(8)12(9)15-7/h2-6,15H,1H3,(H,16,17). The highest BCUT2D eigenvalue weighted by molar-refractivity contribution is 6.12. The van der Waals surface area contributed by atoms with E-state index >= 15 is 0 Å². The van der Waals surface area contributed by atoms with Crippen molar-refractivity contribution in [1.82, 2.24) is 9.97 Å². The van der Waals surface area contributed by atoms with Gasteiger partial charge in [-0.2, -0.15) is 0 Å². The van der Waals surface area contributed by atoms with Crippen molar-refractivity contribution in [1.29, 1.82) is 0 Å². The topological polar surface area (TPSA) is 66.0 Å². The summed E-state index contributed by atoms with van der Waals surface area (Å²) < 4.78 is 0. The maximum absolute atomic E-state index is 11.2. The van der Waals surface area contributed by atoms with Gasteiger partial charge in [0.1, 0.15) is 0 Å². The number of aromatic carboxylic acids is 1. The minimum absolute atomic E-state index is 0.326. The Kier molecular flexibility index (Phi) is 1.92. The summed E-state index contributed by atoms with van der Waals surface area (Å²) in [7, 11) is 0. The van der Waals surface area contributed by atoms with Crippen molar-refractivity contribution in [3.63, 3.8) is 0 Å². The van der Waals surface area contributed by atoms with Gasteiger partial charge in [-0.05, 0) is 13.0 Å². The molecule has 0 fully saturated rings. The van der Waals surface area contributed by atoms with Crippen LogP contribution in [0.4, 0.5) is 0 Å². The van der Waals surface area contributed by atoms with E-state index < -0.39 is 5.97 Å². The average molecular weight is 226 g/mol. The van der Waals surface area contributed by atoms with Crippen LogP contribution in [-0.4, -0.2) is 21.0 Å². The van der Waals surface area contributed by atoms with Gasteiger partial charge in [-0.25, -0.2) is 4.79 Å². The van der Waals surface area contributed by atoms with Crippen LogP contribution in [0, 0.1) is 6.92 Å². The molecule has 0 atom stereocenters. The first-order chi connectivity index (χ1) is 8.18. The number of aryl methyl sites for hydroxylation is 1. The minimum atomic E-state index is -0.913. The summed E-state index contributed by atoms with van der Waals surface area (Å²) in [5.74, 6) is -0.913. The van der Waals surface area contributed by atoms with Gasteiger partial charge >= 0.3 is 5.97 Å². The van der Waals surface area contributed by atoms with Crippen molar-refractivity contribution in [3.05, 3.63) is 41.7 Å². The molecule has 2 heterocycles. The Bertz CT molecular complexity index is 744. The van der Waals surface area contributed by atoms with Gasteiger partial charge < -0.3 is 10.1 Å². The molecule has 84 valence electrons. The number of hydrogen-bond acceptors (Lipinski definition) is 2. The molecule has 2 N–H and O–H groups in total. The van der Waals surface area contributed by atoms with Crippen LogP contribution in [0.15, 0.2) is 30.5 Å². The fraction of sp³-hybridized carbons (Fsp3) is 0.0769. The summed E-state index contributed by atoms with van der Waals surface area (Å²) in [6.45, 7) is 1.76. The van der Waals surface area contributed by atoms with Gasteiger partial charge in [0, 0.05) is 22.7 Å². The second kappa shape index (κ2) is 3.31. The molecule has 0 saturated heterocycles. The molecular weight excluding hydrogens is 216 g/mol. The molecule has 1 aromatic carbocycles. The van der Waals surface area contributed by atoms with Gasteiger partial charge in [-0.3, -0.25) is 4.98 Å². The van der Waals surface area contributed by atoms with Gasteiger partial charge in [0.15, 0.2) is 0 Å². The Balaban J connectivity index is 2.53. The normalized spacial score (nSPS) is 11.1. The summed E-state index contributed by atoms with van der Waals surface area (Å²) in [6.07, 6.45) is 1.71. The van der Waals surface area contributed by atoms with Gasteiger partial charge in [0.2, 0.25) is 0 Å². The first kappa shape index (κ1) is 9.84. The summed E-state index contributed by atoms with van der Waals surface area (Å²) in [6, 6.07) is 7.54. The lowest BCUT2D eigenvalue weighted by Gasteiger charge is -1.98. The highest BCUT2D eigenvalue weighted by Crippen LogP contribution is 2.27. The zero-order valence-corrected chi connectivity index (χ0v) is 9.19. The van der Waals surface area contributed by atoms with E-state index in [-0.39, 0.29) is 0 Å². The molecule has 0 amide bonds. The van der Waals surface area contributed by atoms with Gasteiger partial charge in [0.05, 0.1) is 16.6 Å². The second-order valence-corrected chi connectivity index (χ2v) is 3.99. The Morgan fingerprint density at radius 3 is 2.94 bits per heavy atom. The van der Waals surface area contributed by atoms with Crippen LogP contribution in [0.25, 0.3) is 21.8 Å². The molecule has 0 aliphatic carbocycles. The number of nitrogens with one attached hydrogen (secondary N) is 1. The number of fused-ring (bicyclic) bond motifs is 3. The van der Waals surface area contributed by atoms with Crippen molar-refractivity contribution in [2.75, 3.05) is 0 Å². The maximum Gasteiger partial charge on any atom is 0.338 e. The molecule has 0 bridgehead atoms. The molecule has 4 heteroatoms. The molecule has 2 aromatic heterocycles. The van der Waals surface area contributed by atoms with E-state index in [0.29, 0.717) is 16.6 Å². The molecule has 0 unspecified atom stereocenters. The average Bonchev–Trinajstić information content (AvgIpc) is 2.65. The van der Waals surface area contributed by atoms with Crippen LogP contribution >= 0.6 is 0 Å². The Hall–Kier alpha value is -2.36. The van der Waals surface area contributed by atoms with E-state index in [0.717, 1.165) is 16.4 Å². The van der Waals surface area contributed by atoms with Gasteiger partial charge in [-0.1, -0.05) is 18.2 Å². The first-order valence-electron chi connectivity index (χ1n) is 5.28. The summed E-state index contributed by atoms with van der Waals surface area (Å²) in [4.78, 5) is 18.6. The summed E-state index contributed by atoms with van der Waals surface area (Å²) in [5, 5.41) is 10.9. The Morgan fingerprint density at radius 2 is 2.18 bits per heavy atom. The predicted molar refractivity (Wildman–Crippen MR) is 65.3 cm³/mol. The van der Waals surface area contributed by atoms with Crippen LogP contribution in [0.2, 0.25) is 0 Å². The fourth-order valence-electron chi connectivity index (χ4n) is 2.21. The molecule has 3 rings (SSSR count). The molecule has 4 nitrogen and oxygen atoms in total. The SMILES string of the molecule is Cc1[nH]c2c(ccc3cccnc32)c1C(=O)O. The largest absolute Gasteiger partial charge is 0.478 e. The molecular formula is C13H10N2O2. The predicted octanol–water partition coefficient (Wildman–Crippen LogP) is 2.72. The minimum Gasteiger partial charge on any atom is -0.478 e. The number of nitrogens with zero attached hydrogens (tertiary/aromatic N) is 1. The smallest absolute Gasteiger partial charge is 0.338 e. The lowest BCUT2D eigenvalue weighted by atomic mass is 10.1. The number of carboxylic acid groups (broad SMARTS) is 1. The second-order valence-electron chi connectivity index (χ2n) is 3.99. The van der Waals surface area contributed by atoms with Crippen molar-refractivity contribution < 1.29 is 9.90 Å². The van der Waals surface area contributed by atoms with Crippen LogP contribution in [0.3, 0.4) is 0 Å². The van der Waals surface area contributed by atoms with E-state index in [9.17, 15) is 9.90 Å². The number of aromatic nitrogens is 2. The van der Waals surface area contributed by atoms with E-state index in [2.05, 4.69) is 9.97 Å². The highest BCUT2D eigenvalue weighted by atomic mass is 16.4. The third kappa shape index (κ3) is 1.30. The van der Waals surface area contributed by atoms with E-state index in [1.807, 2.05) is 24.3 Å². The zero-order valence-electron chi connectivity index (χ0n) is 9.19. The van der Waals surface area contributed by atoms with Crippen molar-refractivity contribution in [2.24, 2.45) is 0 Å². The highest BCUT2D eigenvalue weighted by Gasteiger charge is 2.16. The van der Waals surface area contributed by atoms with Crippen molar-refractivity contribution in [2.45, 2.75) is 6.92 Å². The third-order valence-corrected chi connectivity index (χ3v) is 2.95.